The van der Waals surface area contributed by atoms with Crippen LogP contribution in [0.5, 0.6) is 5.75 Å². The summed E-state index contributed by atoms with van der Waals surface area (Å²) in [6.45, 7) is 0.751. The van der Waals surface area contributed by atoms with Crippen molar-refractivity contribution in [1.29, 1.82) is 0 Å². The topological polar surface area (TPSA) is 9.23 Å². The van der Waals surface area contributed by atoms with Gasteiger partial charge in [0.25, 0.3) is 0 Å². The summed E-state index contributed by atoms with van der Waals surface area (Å²) in [7, 11) is 0. The van der Waals surface area contributed by atoms with Crippen molar-refractivity contribution < 1.29 is 4.74 Å². The summed E-state index contributed by atoms with van der Waals surface area (Å²) in [6.07, 6.45) is 0.962. The highest BCUT2D eigenvalue weighted by atomic mass is 79.9. The van der Waals surface area contributed by atoms with Crippen LogP contribution in [0, 0.1) is 0 Å². The Hall–Kier alpha value is -0.510. The van der Waals surface area contributed by atoms with Crippen molar-refractivity contribution in [1.82, 2.24) is 0 Å². The van der Waals surface area contributed by atoms with E-state index < -0.39 is 0 Å². The summed E-state index contributed by atoms with van der Waals surface area (Å²) in [4.78, 5) is 0.0329. The third-order valence-electron chi connectivity index (χ3n) is 3.23. The van der Waals surface area contributed by atoms with Crippen LogP contribution in [0.15, 0.2) is 40.9 Å². The number of ether oxygens (including phenoxy) is 1. The van der Waals surface area contributed by atoms with Crippen LogP contribution < -0.4 is 4.74 Å². The largest absolute Gasteiger partial charge is 0.493 e. The van der Waals surface area contributed by atoms with Crippen molar-refractivity contribution in [3.05, 3.63) is 62.6 Å². The molecule has 1 atom stereocenters. The van der Waals surface area contributed by atoms with Gasteiger partial charge >= 0.3 is 0 Å². The van der Waals surface area contributed by atoms with Crippen LogP contribution in [0.2, 0.25) is 5.02 Å². The van der Waals surface area contributed by atoms with E-state index in [0.717, 1.165) is 39.4 Å². The Morgan fingerprint density at radius 1 is 1.16 bits per heavy atom. The molecule has 0 bridgehead atoms. The van der Waals surface area contributed by atoms with Gasteiger partial charge in [-0.3, -0.25) is 0 Å². The minimum atomic E-state index is 0.0329. The third kappa shape index (κ3) is 2.56. The predicted octanol–water partition coefficient (Wildman–Crippen LogP) is 5.52. The predicted molar refractivity (Wildman–Crippen MR) is 85.6 cm³/mol. The zero-order valence-corrected chi connectivity index (χ0v) is 13.9. The third-order valence-corrected chi connectivity index (χ3v) is 5.02. The smallest absolute Gasteiger partial charge is 0.127 e. The van der Waals surface area contributed by atoms with Crippen molar-refractivity contribution in [3.8, 4) is 5.75 Å². The second kappa shape index (κ2) is 5.47. The number of hydrogen-bond donors (Lipinski definition) is 0. The molecule has 1 aliphatic heterocycles. The first kappa shape index (κ1) is 13.5. The average molecular weight is 403 g/mol. The summed E-state index contributed by atoms with van der Waals surface area (Å²) < 4.78 is 6.85. The molecule has 0 saturated heterocycles. The van der Waals surface area contributed by atoms with Gasteiger partial charge in [0.15, 0.2) is 0 Å². The number of halogens is 3. The first-order valence-electron chi connectivity index (χ1n) is 6.00. The Balaban J connectivity index is 2.10. The summed E-state index contributed by atoms with van der Waals surface area (Å²) in [5.41, 5.74) is 3.43. The van der Waals surface area contributed by atoms with E-state index in [2.05, 4.69) is 44.0 Å². The summed E-state index contributed by atoms with van der Waals surface area (Å²) in [6, 6.07) is 12.1. The average Bonchev–Trinajstić information content (AvgIpc) is 2.85. The molecular weight excluding hydrogens is 391 g/mol. The molecule has 0 N–H and O–H groups in total. The number of fused-ring (bicyclic) bond motifs is 1. The van der Waals surface area contributed by atoms with Crippen LogP contribution in [-0.4, -0.2) is 6.61 Å². The highest BCUT2D eigenvalue weighted by Crippen LogP contribution is 2.44. The van der Waals surface area contributed by atoms with Crippen LogP contribution in [0.25, 0.3) is 0 Å². The van der Waals surface area contributed by atoms with Gasteiger partial charge in [-0.25, -0.2) is 0 Å². The van der Waals surface area contributed by atoms with E-state index in [1.54, 1.807) is 0 Å². The molecule has 0 radical (unpaired) electrons. The lowest BCUT2D eigenvalue weighted by Gasteiger charge is -2.16. The fourth-order valence-corrected chi connectivity index (χ4v) is 3.97. The van der Waals surface area contributed by atoms with Gasteiger partial charge in [0.1, 0.15) is 5.75 Å². The van der Waals surface area contributed by atoms with E-state index in [-0.39, 0.29) is 4.83 Å². The maximum atomic E-state index is 6.28. The molecule has 0 aromatic heterocycles. The SMILES string of the molecule is Clc1ccccc1C(Br)c1cc(Br)cc2c1OCC2. The number of benzene rings is 2. The second-order valence-corrected chi connectivity index (χ2v) is 6.70. The van der Waals surface area contributed by atoms with Gasteiger partial charge in [-0.05, 0) is 29.3 Å². The van der Waals surface area contributed by atoms with E-state index in [1.807, 2.05) is 24.3 Å². The van der Waals surface area contributed by atoms with Crippen molar-refractivity contribution in [2.75, 3.05) is 6.61 Å². The monoisotopic (exact) mass is 400 g/mol. The molecule has 0 amide bonds. The lowest BCUT2D eigenvalue weighted by molar-refractivity contribution is 0.354. The van der Waals surface area contributed by atoms with Gasteiger partial charge in [-0.15, -0.1) is 0 Å². The summed E-state index contributed by atoms with van der Waals surface area (Å²) in [5.74, 6) is 0.991. The fraction of sp³-hybridized carbons (Fsp3) is 0.200. The number of hydrogen-bond acceptors (Lipinski definition) is 1. The molecule has 1 aliphatic rings. The van der Waals surface area contributed by atoms with Crippen LogP contribution in [-0.2, 0) is 6.42 Å². The maximum absolute atomic E-state index is 6.28. The Kier molecular flexibility index (Phi) is 3.88. The van der Waals surface area contributed by atoms with Crippen LogP contribution in [0.3, 0.4) is 0 Å². The molecule has 0 spiro atoms. The van der Waals surface area contributed by atoms with Gasteiger partial charge < -0.3 is 4.74 Å². The Bertz CT molecular complexity index is 628. The standard InChI is InChI=1S/C15H11Br2ClO/c16-10-7-9-5-6-19-15(9)12(8-10)14(17)11-3-1-2-4-13(11)18/h1-4,7-8,14H,5-6H2. The Morgan fingerprint density at radius 3 is 2.74 bits per heavy atom. The first-order chi connectivity index (χ1) is 9.16. The van der Waals surface area contributed by atoms with E-state index in [1.165, 1.54) is 5.56 Å². The van der Waals surface area contributed by atoms with Gasteiger partial charge in [0.2, 0.25) is 0 Å². The minimum Gasteiger partial charge on any atom is -0.493 e. The highest BCUT2D eigenvalue weighted by molar-refractivity contribution is 9.10. The minimum absolute atomic E-state index is 0.0329. The molecule has 2 aromatic carbocycles. The Labute approximate surface area is 134 Å². The van der Waals surface area contributed by atoms with E-state index in [0.29, 0.717) is 0 Å². The molecule has 0 saturated carbocycles. The molecule has 0 aliphatic carbocycles. The zero-order chi connectivity index (χ0) is 13.4. The van der Waals surface area contributed by atoms with E-state index in [9.17, 15) is 0 Å². The molecule has 1 heterocycles. The summed E-state index contributed by atoms with van der Waals surface area (Å²) >= 11 is 13.6. The van der Waals surface area contributed by atoms with Crippen molar-refractivity contribution in [2.45, 2.75) is 11.2 Å². The van der Waals surface area contributed by atoms with E-state index >= 15 is 0 Å². The van der Waals surface area contributed by atoms with Gasteiger partial charge in [-0.2, -0.15) is 0 Å². The van der Waals surface area contributed by atoms with Gasteiger partial charge in [-0.1, -0.05) is 61.7 Å². The molecule has 19 heavy (non-hydrogen) atoms. The highest BCUT2D eigenvalue weighted by Gasteiger charge is 2.23. The molecule has 98 valence electrons. The zero-order valence-electron chi connectivity index (χ0n) is 10.00. The van der Waals surface area contributed by atoms with Crippen molar-refractivity contribution in [2.24, 2.45) is 0 Å². The maximum Gasteiger partial charge on any atom is 0.127 e. The molecule has 2 aromatic rings. The molecule has 1 nitrogen and oxygen atoms in total. The Morgan fingerprint density at radius 2 is 1.95 bits per heavy atom. The molecule has 4 heteroatoms. The van der Waals surface area contributed by atoms with Crippen LogP contribution in [0.1, 0.15) is 21.5 Å². The van der Waals surface area contributed by atoms with E-state index in [4.69, 9.17) is 16.3 Å². The first-order valence-corrected chi connectivity index (χ1v) is 8.09. The second-order valence-electron chi connectivity index (χ2n) is 4.47. The summed E-state index contributed by atoms with van der Waals surface area (Å²) in [5, 5.41) is 0.760. The van der Waals surface area contributed by atoms with Gasteiger partial charge in [0.05, 0.1) is 11.4 Å². The molecule has 1 unspecified atom stereocenters. The molecular formula is C15H11Br2ClO. The van der Waals surface area contributed by atoms with Crippen molar-refractivity contribution >= 4 is 43.5 Å². The normalized spacial score (nSPS) is 14.9. The number of alkyl halides is 1. The van der Waals surface area contributed by atoms with Crippen LogP contribution >= 0.6 is 43.5 Å². The van der Waals surface area contributed by atoms with Crippen LogP contribution in [0.4, 0.5) is 0 Å². The van der Waals surface area contributed by atoms with Gasteiger partial charge in [0, 0.05) is 21.5 Å². The lowest BCUT2D eigenvalue weighted by atomic mass is 10.0. The number of rotatable bonds is 2. The molecule has 0 fully saturated rings. The fourth-order valence-electron chi connectivity index (χ4n) is 2.33. The molecule has 3 rings (SSSR count). The quantitative estimate of drug-likeness (QED) is 0.601. The lowest BCUT2D eigenvalue weighted by Crippen LogP contribution is -1.98. The van der Waals surface area contributed by atoms with Crippen molar-refractivity contribution in [3.63, 3.8) is 0 Å².